The Morgan fingerprint density at radius 2 is 2.28 bits per heavy atom. The molecule has 3 nitrogen and oxygen atoms in total. The number of pyridine rings is 1. The average Bonchev–Trinajstić information content (AvgIpc) is 2.71. The molecular weight excluding hydrogens is 290 g/mol. The second-order valence-electron chi connectivity index (χ2n) is 5.06. The fourth-order valence-electron chi connectivity index (χ4n) is 2.88. The van der Waals surface area contributed by atoms with Gasteiger partial charge in [-0.25, -0.2) is 4.98 Å². The Morgan fingerprint density at radius 1 is 1.50 bits per heavy atom. The van der Waals surface area contributed by atoms with Crippen LogP contribution in [-0.2, 0) is 6.54 Å². The van der Waals surface area contributed by atoms with Crippen molar-refractivity contribution in [3.05, 3.63) is 22.3 Å². The van der Waals surface area contributed by atoms with Crippen molar-refractivity contribution in [2.24, 2.45) is 0 Å². The molecule has 0 amide bonds. The third-order valence-corrected chi connectivity index (χ3v) is 4.21. The van der Waals surface area contributed by atoms with E-state index >= 15 is 0 Å². The maximum atomic E-state index is 4.67. The minimum atomic E-state index is 0.597. The zero-order chi connectivity index (χ0) is 13.1. The highest BCUT2D eigenvalue weighted by Crippen LogP contribution is 2.33. The van der Waals surface area contributed by atoms with Crippen LogP contribution in [0.25, 0.3) is 0 Å². The van der Waals surface area contributed by atoms with Crippen LogP contribution in [0, 0.1) is 0 Å². The molecule has 1 aromatic rings. The van der Waals surface area contributed by atoms with Crippen molar-refractivity contribution in [1.29, 1.82) is 0 Å². The molecule has 0 bridgehead atoms. The Hall–Kier alpha value is -0.610. The molecule has 0 radical (unpaired) electrons. The van der Waals surface area contributed by atoms with E-state index in [0.29, 0.717) is 12.1 Å². The molecule has 1 aromatic heterocycles. The smallest absolute Gasteiger partial charge is 0.133 e. The summed E-state index contributed by atoms with van der Waals surface area (Å²) in [6, 6.07) is 3.42. The van der Waals surface area contributed by atoms with Crippen molar-refractivity contribution >= 4 is 21.7 Å². The first-order valence-electron chi connectivity index (χ1n) is 6.74. The quantitative estimate of drug-likeness (QED) is 0.924. The number of nitrogens with one attached hydrogen (secondary N) is 1. The molecule has 0 aliphatic carbocycles. The molecule has 1 aliphatic rings. The molecule has 1 saturated heterocycles. The van der Waals surface area contributed by atoms with Gasteiger partial charge in [0.05, 0.1) is 0 Å². The van der Waals surface area contributed by atoms with Crippen molar-refractivity contribution in [3.63, 3.8) is 0 Å². The van der Waals surface area contributed by atoms with E-state index in [1.165, 1.54) is 24.8 Å². The number of anilines is 1. The van der Waals surface area contributed by atoms with E-state index in [1.54, 1.807) is 0 Å². The predicted molar refractivity (Wildman–Crippen MR) is 80.0 cm³/mol. The second kappa shape index (κ2) is 6.02. The lowest BCUT2D eigenvalue weighted by molar-refractivity contribution is 0.616. The van der Waals surface area contributed by atoms with Crippen molar-refractivity contribution in [3.8, 4) is 0 Å². The normalized spacial score (nSPS) is 23.7. The van der Waals surface area contributed by atoms with E-state index in [9.17, 15) is 0 Å². The molecule has 2 rings (SSSR count). The fraction of sp³-hybridized carbons (Fsp3) is 0.643. The van der Waals surface area contributed by atoms with Crippen LogP contribution < -0.4 is 10.2 Å². The average molecular weight is 312 g/mol. The lowest BCUT2D eigenvalue weighted by Gasteiger charge is -2.31. The van der Waals surface area contributed by atoms with Gasteiger partial charge in [-0.2, -0.15) is 0 Å². The highest BCUT2D eigenvalue weighted by molar-refractivity contribution is 9.10. The third kappa shape index (κ3) is 2.69. The monoisotopic (exact) mass is 311 g/mol. The first kappa shape index (κ1) is 13.8. The summed E-state index contributed by atoms with van der Waals surface area (Å²) in [5.41, 5.74) is 1.28. The molecule has 4 heteroatoms. The Kier molecular flexibility index (Phi) is 4.62. The fourth-order valence-corrected chi connectivity index (χ4v) is 3.26. The summed E-state index contributed by atoms with van der Waals surface area (Å²) >= 11 is 3.51. The summed E-state index contributed by atoms with van der Waals surface area (Å²) in [5, 5.41) is 3.24. The van der Waals surface area contributed by atoms with Crippen molar-refractivity contribution < 1.29 is 0 Å². The Labute approximate surface area is 118 Å². The molecule has 0 spiro atoms. The van der Waals surface area contributed by atoms with Crippen LogP contribution in [0.15, 0.2) is 16.7 Å². The van der Waals surface area contributed by atoms with Gasteiger partial charge < -0.3 is 10.2 Å². The first-order chi connectivity index (χ1) is 8.67. The van der Waals surface area contributed by atoms with E-state index in [0.717, 1.165) is 16.8 Å². The largest absolute Gasteiger partial charge is 0.351 e. The van der Waals surface area contributed by atoms with Crippen LogP contribution in [0.2, 0.25) is 0 Å². The van der Waals surface area contributed by atoms with Gasteiger partial charge in [0.2, 0.25) is 0 Å². The van der Waals surface area contributed by atoms with Crippen molar-refractivity contribution in [1.82, 2.24) is 10.3 Å². The van der Waals surface area contributed by atoms with E-state index in [2.05, 4.69) is 51.0 Å². The minimum absolute atomic E-state index is 0.597. The standard InChI is InChI=1S/C14H22BrN3/c1-4-13-6-5-10(2)18(13)14-11(8-16-3)7-12(15)9-17-14/h7,9-10,13,16H,4-6,8H2,1-3H3. The lowest BCUT2D eigenvalue weighted by Crippen LogP contribution is -2.36. The van der Waals surface area contributed by atoms with Gasteiger partial charge in [-0.3, -0.25) is 0 Å². The Bertz CT molecular complexity index is 408. The van der Waals surface area contributed by atoms with Gasteiger partial charge in [-0.05, 0) is 55.2 Å². The zero-order valence-electron chi connectivity index (χ0n) is 11.4. The summed E-state index contributed by atoms with van der Waals surface area (Å²) < 4.78 is 1.05. The summed E-state index contributed by atoms with van der Waals surface area (Å²) in [5.74, 6) is 1.16. The minimum Gasteiger partial charge on any atom is -0.351 e. The Balaban J connectivity index is 2.36. The molecule has 2 atom stereocenters. The number of nitrogens with zero attached hydrogens (tertiary/aromatic N) is 2. The number of rotatable bonds is 4. The first-order valence-corrected chi connectivity index (χ1v) is 7.54. The predicted octanol–water partition coefficient (Wildman–Crippen LogP) is 3.33. The maximum Gasteiger partial charge on any atom is 0.133 e. The second-order valence-corrected chi connectivity index (χ2v) is 5.98. The molecule has 2 heterocycles. The van der Waals surface area contributed by atoms with E-state index in [1.807, 2.05) is 13.2 Å². The van der Waals surface area contributed by atoms with E-state index < -0.39 is 0 Å². The van der Waals surface area contributed by atoms with Gasteiger partial charge in [-0.15, -0.1) is 0 Å². The highest BCUT2D eigenvalue weighted by Gasteiger charge is 2.31. The molecule has 100 valence electrons. The van der Waals surface area contributed by atoms with Crippen LogP contribution in [0.5, 0.6) is 0 Å². The number of hydrogen-bond donors (Lipinski definition) is 1. The third-order valence-electron chi connectivity index (χ3n) is 3.78. The number of hydrogen-bond acceptors (Lipinski definition) is 3. The molecule has 18 heavy (non-hydrogen) atoms. The summed E-state index contributed by atoms with van der Waals surface area (Å²) in [6.45, 7) is 5.44. The van der Waals surface area contributed by atoms with Crippen LogP contribution in [0.4, 0.5) is 5.82 Å². The van der Waals surface area contributed by atoms with Gasteiger partial charge in [0.1, 0.15) is 5.82 Å². The topological polar surface area (TPSA) is 28.2 Å². The molecule has 1 fully saturated rings. The van der Waals surface area contributed by atoms with Gasteiger partial charge in [0.25, 0.3) is 0 Å². The summed E-state index contributed by atoms with van der Waals surface area (Å²) in [6.07, 6.45) is 5.66. The van der Waals surface area contributed by atoms with Crippen molar-refractivity contribution in [2.45, 2.75) is 51.7 Å². The highest BCUT2D eigenvalue weighted by atomic mass is 79.9. The van der Waals surface area contributed by atoms with Gasteiger partial charge in [0.15, 0.2) is 0 Å². The Morgan fingerprint density at radius 3 is 2.94 bits per heavy atom. The SMILES string of the molecule is CCC1CCC(C)N1c1ncc(Br)cc1CNC. The van der Waals surface area contributed by atoms with Crippen LogP contribution in [0.3, 0.4) is 0 Å². The molecular formula is C14H22BrN3. The van der Waals surface area contributed by atoms with Crippen molar-refractivity contribution in [2.75, 3.05) is 11.9 Å². The molecule has 1 aliphatic heterocycles. The molecule has 2 unspecified atom stereocenters. The lowest BCUT2D eigenvalue weighted by atomic mass is 10.1. The number of halogens is 1. The number of aromatic nitrogens is 1. The summed E-state index contributed by atoms with van der Waals surface area (Å²) in [7, 11) is 1.98. The van der Waals surface area contributed by atoms with Gasteiger partial charge in [0, 0.05) is 34.9 Å². The molecule has 0 aromatic carbocycles. The van der Waals surface area contributed by atoms with E-state index in [-0.39, 0.29) is 0 Å². The van der Waals surface area contributed by atoms with Gasteiger partial charge >= 0.3 is 0 Å². The summed E-state index contributed by atoms with van der Waals surface area (Å²) in [4.78, 5) is 7.18. The van der Waals surface area contributed by atoms with Gasteiger partial charge in [-0.1, -0.05) is 6.92 Å². The van der Waals surface area contributed by atoms with E-state index in [4.69, 9.17) is 0 Å². The molecule has 1 N–H and O–H groups in total. The van der Waals surface area contributed by atoms with Crippen LogP contribution in [0.1, 0.15) is 38.7 Å². The zero-order valence-corrected chi connectivity index (χ0v) is 13.0. The molecule has 0 saturated carbocycles. The maximum absolute atomic E-state index is 4.67. The van der Waals surface area contributed by atoms with Crippen LogP contribution >= 0.6 is 15.9 Å². The van der Waals surface area contributed by atoms with Crippen LogP contribution in [-0.4, -0.2) is 24.1 Å².